The lowest BCUT2D eigenvalue weighted by molar-refractivity contribution is -0.383. The summed E-state index contributed by atoms with van der Waals surface area (Å²) in [6.45, 7) is 4.69. The zero-order valence-electron chi connectivity index (χ0n) is 24.0. The molecule has 14 nitrogen and oxygen atoms in total. The molecule has 0 saturated carbocycles. The summed E-state index contributed by atoms with van der Waals surface area (Å²) >= 11 is 0. The van der Waals surface area contributed by atoms with E-state index >= 15 is 0 Å². The normalized spacial score (nSPS) is 15.4. The van der Waals surface area contributed by atoms with Gasteiger partial charge in [-0.2, -0.15) is 0 Å². The quantitative estimate of drug-likeness (QED) is 0.152. The molecule has 0 atom stereocenters. The van der Waals surface area contributed by atoms with Crippen molar-refractivity contribution in [3.8, 4) is 0 Å². The van der Waals surface area contributed by atoms with Crippen molar-refractivity contribution in [1.29, 1.82) is 0 Å². The maximum Gasteiger partial charge on any atom is 0.411 e. The van der Waals surface area contributed by atoms with Gasteiger partial charge < -0.3 is 35.3 Å². The Kier molecular flexibility index (Phi) is 12.9. The Balaban J connectivity index is 0.000000231. The molecule has 2 aromatic rings. The van der Waals surface area contributed by atoms with Gasteiger partial charge >= 0.3 is 12.2 Å². The second-order valence-electron chi connectivity index (χ2n) is 9.90. The Bertz CT molecular complexity index is 1180. The summed E-state index contributed by atoms with van der Waals surface area (Å²) in [6, 6.07) is 9.85. The lowest BCUT2D eigenvalue weighted by Crippen LogP contribution is -2.23. The Morgan fingerprint density at radius 2 is 1.29 bits per heavy atom. The number of nitro benzene ring substituents is 1. The van der Waals surface area contributed by atoms with Crippen molar-refractivity contribution in [3.63, 3.8) is 0 Å². The minimum absolute atomic E-state index is 0.0824. The van der Waals surface area contributed by atoms with Crippen LogP contribution in [-0.2, 0) is 18.9 Å². The predicted octanol–water partition coefficient (Wildman–Crippen LogP) is 4.90. The molecule has 42 heavy (non-hydrogen) atoms. The van der Waals surface area contributed by atoms with Crippen molar-refractivity contribution in [2.75, 3.05) is 80.7 Å². The second-order valence-corrected chi connectivity index (χ2v) is 9.90. The molecule has 2 aliphatic heterocycles. The van der Waals surface area contributed by atoms with E-state index in [-0.39, 0.29) is 5.69 Å². The van der Waals surface area contributed by atoms with Gasteiger partial charge in [-0.25, -0.2) is 9.59 Å². The summed E-state index contributed by atoms with van der Waals surface area (Å²) in [4.78, 5) is 33.0. The van der Waals surface area contributed by atoms with Gasteiger partial charge in [0.05, 0.1) is 36.2 Å². The predicted molar refractivity (Wildman–Crippen MR) is 160 cm³/mol. The first-order valence-electron chi connectivity index (χ1n) is 13.8. The molecule has 0 unspecified atom stereocenters. The first-order valence-corrected chi connectivity index (χ1v) is 13.8. The van der Waals surface area contributed by atoms with Crippen LogP contribution >= 0.6 is 0 Å². The number of carbonyl (C=O) groups is 2. The van der Waals surface area contributed by atoms with Crippen LogP contribution in [0.5, 0.6) is 0 Å². The second kappa shape index (κ2) is 16.8. The maximum atomic E-state index is 11.2. The molecular formula is C28H40N6O8. The van der Waals surface area contributed by atoms with E-state index in [1.165, 1.54) is 20.3 Å². The zero-order chi connectivity index (χ0) is 30.3. The minimum Gasteiger partial charge on any atom is -0.453 e. The van der Waals surface area contributed by atoms with Crippen LogP contribution in [0.1, 0.15) is 25.7 Å². The molecule has 0 spiro atoms. The average Bonchev–Trinajstić information content (AvgIpc) is 3.01. The first kappa shape index (κ1) is 32.2. The van der Waals surface area contributed by atoms with Gasteiger partial charge in [-0.05, 0) is 67.9 Å². The molecule has 0 bridgehead atoms. The fourth-order valence-corrected chi connectivity index (χ4v) is 4.46. The number of carbonyl (C=O) groups excluding carboxylic acids is 2. The highest BCUT2D eigenvalue weighted by atomic mass is 16.6. The fourth-order valence-electron chi connectivity index (χ4n) is 4.46. The summed E-state index contributed by atoms with van der Waals surface area (Å²) in [7, 11) is 2.55. The van der Waals surface area contributed by atoms with Gasteiger partial charge in [0.1, 0.15) is 5.69 Å². The van der Waals surface area contributed by atoms with Crippen LogP contribution in [0.2, 0.25) is 0 Å². The van der Waals surface area contributed by atoms with E-state index in [2.05, 4.69) is 30.7 Å². The van der Waals surface area contributed by atoms with E-state index in [1.54, 1.807) is 24.3 Å². The molecular weight excluding hydrogens is 548 g/mol. The summed E-state index contributed by atoms with van der Waals surface area (Å²) in [5, 5.41) is 22.6. The number of hydrogen-bond donors (Lipinski definition) is 5. The first-order chi connectivity index (χ1) is 20.3. The highest BCUT2D eigenvalue weighted by Gasteiger charge is 2.19. The molecule has 6 N–H and O–H groups in total. The number of amides is 2. The Hall–Kier alpha value is -4.30. The largest absolute Gasteiger partial charge is 0.453 e. The number of methoxy groups -OCH3 is 2. The number of benzene rings is 2. The van der Waals surface area contributed by atoms with Crippen LogP contribution < -0.4 is 27.0 Å². The summed E-state index contributed by atoms with van der Waals surface area (Å²) in [5.74, 6) is 1.07. The standard InChI is InChI=1S/C14H19N3O5.C14H21N3O3/c1-21-14(18)16-11-2-3-12(13(8-11)17(19)20)15-9-10-4-6-22-7-5-10;1-19-14(18)17-11-2-3-13(12(15)8-11)16-9-10-4-6-20-7-5-10/h2-3,8,10,15H,4-7,9H2,1H3,(H,16,18);2-3,8,10,16H,4-7,9,15H2,1H3,(H,17,18). The van der Waals surface area contributed by atoms with Crippen LogP contribution in [0.4, 0.5) is 43.7 Å². The van der Waals surface area contributed by atoms with Gasteiger partial charge in [0.25, 0.3) is 5.69 Å². The highest BCUT2D eigenvalue weighted by Crippen LogP contribution is 2.29. The number of nitrogen functional groups attached to an aromatic ring is 1. The molecule has 2 heterocycles. The van der Waals surface area contributed by atoms with E-state index in [4.69, 9.17) is 15.2 Å². The third kappa shape index (κ3) is 10.6. The van der Waals surface area contributed by atoms with Crippen LogP contribution in [0.15, 0.2) is 36.4 Å². The van der Waals surface area contributed by atoms with Crippen LogP contribution in [0, 0.1) is 22.0 Å². The zero-order valence-corrected chi connectivity index (χ0v) is 24.0. The Labute approximate surface area is 244 Å². The number of hydrogen-bond acceptors (Lipinski definition) is 11. The SMILES string of the molecule is COC(=O)Nc1ccc(NCC2CCOCC2)c(N)c1.COC(=O)Nc1ccc(NCC2CCOCC2)c([N+](=O)[O-])c1. The molecule has 2 fully saturated rings. The Morgan fingerprint density at radius 3 is 1.74 bits per heavy atom. The number of nitro groups is 1. The van der Waals surface area contributed by atoms with Crippen molar-refractivity contribution in [3.05, 3.63) is 46.5 Å². The van der Waals surface area contributed by atoms with Gasteiger partial charge in [-0.1, -0.05) is 0 Å². The van der Waals surface area contributed by atoms with E-state index in [0.717, 1.165) is 64.3 Å². The number of nitrogens with two attached hydrogens (primary N) is 1. The summed E-state index contributed by atoms with van der Waals surface area (Å²) in [5.41, 5.74) is 8.75. The van der Waals surface area contributed by atoms with E-state index in [1.807, 2.05) is 6.07 Å². The van der Waals surface area contributed by atoms with Crippen molar-refractivity contribution in [2.45, 2.75) is 25.7 Å². The molecule has 230 valence electrons. The smallest absolute Gasteiger partial charge is 0.411 e. The van der Waals surface area contributed by atoms with Gasteiger partial charge in [-0.3, -0.25) is 20.7 Å². The summed E-state index contributed by atoms with van der Waals surface area (Å²) < 4.78 is 19.6. The molecule has 0 radical (unpaired) electrons. The monoisotopic (exact) mass is 588 g/mol. The van der Waals surface area contributed by atoms with Crippen LogP contribution in [0.3, 0.4) is 0 Å². The van der Waals surface area contributed by atoms with E-state index in [0.29, 0.717) is 41.1 Å². The number of nitrogens with one attached hydrogen (secondary N) is 4. The number of anilines is 5. The Morgan fingerprint density at radius 1 is 0.833 bits per heavy atom. The van der Waals surface area contributed by atoms with Crippen LogP contribution in [-0.4, -0.2) is 70.8 Å². The van der Waals surface area contributed by atoms with Gasteiger partial charge in [0.15, 0.2) is 0 Å². The molecule has 2 aromatic carbocycles. The van der Waals surface area contributed by atoms with E-state index in [9.17, 15) is 19.7 Å². The molecule has 2 amide bonds. The molecule has 2 aliphatic rings. The van der Waals surface area contributed by atoms with Crippen molar-refractivity contribution < 1.29 is 33.5 Å². The van der Waals surface area contributed by atoms with E-state index < -0.39 is 17.1 Å². The molecule has 4 rings (SSSR count). The summed E-state index contributed by atoms with van der Waals surface area (Å²) in [6.07, 6.45) is 2.87. The minimum atomic E-state index is -0.669. The number of nitrogens with zero attached hydrogens (tertiary/aromatic N) is 1. The average molecular weight is 589 g/mol. The molecule has 14 heteroatoms. The fraction of sp³-hybridized carbons (Fsp3) is 0.500. The molecule has 0 aliphatic carbocycles. The molecule has 0 aromatic heterocycles. The van der Waals surface area contributed by atoms with Gasteiger partial charge in [0, 0.05) is 51.3 Å². The third-order valence-electron chi connectivity index (χ3n) is 6.95. The van der Waals surface area contributed by atoms with Crippen molar-refractivity contribution in [2.24, 2.45) is 11.8 Å². The lowest BCUT2D eigenvalue weighted by atomic mass is 10.0. The van der Waals surface area contributed by atoms with Gasteiger partial charge in [-0.15, -0.1) is 0 Å². The lowest BCUT2D eigenvalue weighted by Gasteiger charge is -2.23. The van der Waals surface area contributed by atoms with Crippen molar-refractivity contribution >= 4 is 46.3 Å². The van der Waals surface area contributed by atoms with Gasteiger partial charge in [0.2, 0.25) is 0 Å². The molecule has 2 saturated heterocycles. The topological polar surface area (TPSA) is 188 Å². The van der Waals surface area contributed by atoms with Crippen LogP contribution in [0.25, 0.3) is 0 Å². The third-order valence-corrected chi connectivity index (χ3v) is 6.95. The maximum absolute atomic E-state index is 11.2. The number of ether oxygens (including phenoxy) is 4. The highest BCUT2D eigenvalue weighted by molar-refractivity contribution is 5.87. The number of rotatable bonds is 9. The van der Waals surface area contributed by atoms with Crippen molar-refractivity contribution in [1.82, 2.24) is 0 Å².